The first-order chi connectivity index (χ1) is 14.1. The Balaban J connectivity index is 1.83. The van der Waals surface area contributed by atoms with Crippen LogP contribution in [0.1, 0.15) is 25.2 Å². The van der Waals surface area contributed by atoms with Gasteiger partial charge in [0.25, 0.3) is 0 Å². The summed E-state index contributed by atoms with van der Waals surface area (Å²) in [5.74, 6) is 2.35. The number of aromatic nitrogens is 3. The number of benzene rings is 2. The summed E-state index contributed by atoms with van der Waals surface area (Å²) in [6, 6.07) is 13.0. The lowest BCUT2D eigenvalue weighted by molar-refractivity contribution is 0.288. The van der Waals surface area contributed by atoms with E-state index in [2.05, 4.69) is 15.3 Å². The van der Waals surface area contributed by atoms with Crippen LogP contribution in [-0.4, -0.2) is 34.3 Å². The van der Waals surface area contributed by atoms with Gasteiger partial charge in [0, 0.05) is 0 Å². The smallest absolute Gasteiger partial charge is 0.216 e. The van der Waals surface area contributed by atoms with Crippen LogP contribution in [0.2, 0.25) is 5.02 Å². The van der Waals surface area contributed by atoms with E-state index < -0.39 is 0 Å². The molecule has 0 radical (unpaired) electrons. The van der Waals surface area contributed by atoms with Gasteiger partial charge in [-0.25, -0.2) is 5.10 Å². The minimum atomic E-state index is 0.211. The second-order valence-corrected chi connectivity index (χ2v) is 6.59. The molecule has 0 amide bonds. The molecule has 0 spiro atoms. The monoisotopic (exact) mass is 432 g/mol. The molecule has 152 valence electrons. The first kappa shape index (κ1) is 20.9. The number of hydrogen-bond donors (Lipinski definition) is 1. The van der Waals surface area contributed by atoms with Gasteiger partial charge in [0.05, 0.1) is 24.5 Å². The van der Waals surface area contributed by atoms with E-state index in [1.165, 1.54) is 4.68 Å². The lowest BCUT2D eigenvalue weighted by atomic mass is 10.2. The van der Waals surface area contributed by atoms with Crippen LogP contribution in [0, 0.1) is 4.77 Å². The molecule has 3 rings (SSSR count). The third-order valence-corrected chi connectivity index (χ3v) is 4.32. The minimum absolute atomic E-state index is 0.211. The average molecular weight is 433 g/mol. The SMILES string of the molecule is CCOc1cc(/C=N\n2c(COc3ccccc3)n[nH]c2=S)cc(Cl)c1OCC. The maximum Gasteiger partial charge on any atom is 0.216 e. The molecule has 2 aromatic carbocycles. The summed E-state index contributed by atoms with van der Waals surface area (Å²) in [7, 11) is 0. The summed E-state index contributed by atoms with van der Waals surface area (Å²) >= 11 is 11.6. The van der Waals surface area contributed by atoms with Crippen molar-refractivity contribution in [2.45, 2.75) is 20.5 Å². The molecule has 1 N–H and O–H groups in total. The van der Waals surface area contributed by atoms with Gasteiger partial charge in [-0.15, -0.1) is 0 Å². The molecule has 0 saturated heterocycles. The van der Waals surface area contributed by atoms with Crippen molar-refractivity contribution in [2.75, 3.05) is 13.2 Å². The van der Waals surface area contributed by atoms with Gasteiger partial charge in [-0.05, 0) is 55.9 Å². The fraction of sp³-hybridized carbons (Fsp3) is 0.250. The van der Waals surface area contributed by atoms with Crippen LogP contribution >= 0.6 is 23.8 Å². The molecule has 7 nitrogen and oxygen atoms in total. The number of halogens is 1. The van der Waals surface area contributed by atoms with E-state index >= 15 is 0 Å². The third kappa shape index (κ3) is 5.36. The molecule has 0 atom stereocenters. The second kappa shape index (κ2) is 10.1. The Kier molecular flexibility index (Phi) is 7.26. The molecule has 0 aliphatic rings. The van der Waals surface area contributed by atoms with E-state index in [1.54, 1.807) is 12.3 Å². The highest BCUT2D eigenvalue weighted by Gasteiger charge is 2.12. The van der Waals surface area contributed by atoms with E-state index in [1.807, 2.05) is 50.2 Å². The van der Waals surface area contributed by atoms with Gasteiger partial charge in [0.1, 0.15) is 12.4 Å². The summed E-state index contributed by atoms with van der Waals surface area (Å²) in [5.41, 5.74) is 0.736. The number of aromatic amines is 1. The summed E-state index contributed by atoms with van der Waals surface area (Å²) in [6.07, 6.45) is 1.63. The van der Waals surface area contributed by atoms with Crippen LogP contribution in [0.15, 0.2) is 47.6 Å². The van der Waals surface area contributed by atoms with Crippen molar-refractivity contribution in [2.24, 2.45) is 5.10 Å². The largest absolute Gasteiger partial charge is 0.490 e. The predicted molar refractivity (Wildman–Crippen MR) is 115 cm³/mol. The van der Waals surface area contributed by atoms with E-state index in [9.17, 15) is 0 Å². The molecule has 1 heterocycles. The molecule has 0 saturated carbocycles. The van der Waals surface area contributed by atoms with Gasteiger partial charge in [0.15, 0.2) is 17.3 Å². The van der Waals surface area contributed by atoms with E-state index in [0.717, 1.165) is 11.3 Å². The fourth-order valence-corrected chi connectivity index (χ4v) is 3.01. The zero-order valence-electron chi connectivity index (χ0n) is 16.1. The quantitative estimate of drug-likeness (QED) is 0.386. The van der Waals surface area contributed by atoms with Gasteiger partial charge in [0.2, 0.25) is 4.77 Å². The summed E-state index contributed by atoms with van der Waals surface area (Å²) in [6.45, 7) is 4.98. The number of nitrogens with zero attached hydrogens (tertiary/aromatic N) is 3. The normalized spacial score (nSPS) is 11.0. The van der Waals surface area contributed by atoms with E-state index in [-0.39, 0.29) is 6.61 Å². The van der Waals surface area contributed by atoms with Crippen LogP contribution in [0.3, 0.4) is 0 Å². The number of H-pyrrole nitrogens is 1. The molecular formula is C20H21ClN4O3S. The van der Waals surface area contributed by atoms with Crippen molar-refractivity contribution in [1.29, 1.82) is 0 Å². The van der Waals surface area contributed by atoms with E-state index in [0.29, 0.717) is 40.3 Å². The Morgan fingerprint density at radius 3 is 2.62 bits per heavy atom. The van der Waals surface area contributed by atoms with Crippen molar-refractivity contribution >= 4 is 30.0 Å². The van der Waals surface area contributed by atoms with Crippen LogP contribution in [-0.2, 0) is 6.61 Å². The van der Waals surface area contributed by atoms with Gasteiger partial charge in [-0.1, -0.05) is 29.8 Å². The fourth-order valence-electron chi connectivity index (χ4n) is 2.54. The van der Waals surface area contributed by atoms with Crippen LogP contribution in [0.4, 0.5) is 0 Å². The molecule has 0 bridgehead atoms. The second-order valence-electron chi connectivity index (χ2n) is 5.80. The van der Waals surface area contributed by atoms with Gasteiger partial charge >= 0.3 is 0 Å². The number of hydrogen-bond acceptors (Lipinski definition) is 6. The molecule has 0 unspecified atom stereocenters. The number of ether oxygens (including phenoxy) is 3. The number of rotatable bonds is 9. The van der Waals surface area contributed by atoms with Crippen molar-refractivity contribution in [3.05, 3.63) is 63.6 Å². The maximum absolute atomic E-state index is 6.36. The summed E-state index contributed by atoms with van der Waals surface area (Å²) < 4.78 is 18.8. The van der Waals surface area contributed by atoms with Crippen molar-refractivity contribution in [1.82, 2.24) is 14.9 Å². The van der Waals surface area contributed by atoms with Gasteiger partial charge in [-0.3, -0.25) is 0 Å². The molecule has 0 aliphatic heterocycles. The third-order valence-electron chi connectivity index (χ3n) is 3.77. The van der Waals surface area contributed by atoms with Crippen LogP contribution in [0.25, 0.3) is 0 Å². The standard InChI is InChI=1S/C20H21ClN4O3S/c1-3-26-17-11-14(10-16(21)19(17)27-4-2)12-22-25-18(23-24-20(25)29)13-28-15-8-6-5-7-9-15/h5-12H,3-4,13H2,1-2H3,(H,24,29)/b22-12-. The first-order valence-electron chi connectivity index (χ1n) is 9.10. The summed E-state index contributed by atoms with van der Waals surface area (Å²) in [4.78, 5) is 0. The Morgan fingerprint density at radius 2 is 1.90 bits per heavy atom. The molecule has 29 heavy (non-hydrogen) atoms. The predicted octanol–water partition coefficient (Wildman–Crippen LogP) is 4.85. The molecule has 9 heteroatoms. The lowest BCUT2D eigenvalue weighted by Gasteiger charge is -2.13. The zero-order valence-corrected chi connectivity index (χ0v) is 17.7. The molecular weight excluding hydrogens is 412 g/mol. The Bertz CT molecular complexity index is 1030. The molecule has 3 aromatic rings. The zero-order chi connectivity index (χ0) is 20.6. The van der Waals surface area contributed by atoms with Gasteiger partial charge in [-0.2, -0.15) is 14.9 Å². The number of para-hydroxylation sites is 1. The molecule has 0 aliphatic carbocycles. The topological polar surface area (TPSA) is 73.7 Å². The lowest BCUT2D eigenvalue weighted by Crippen LogP contribution is -2.04. The molecule has 1 aromatic heterocycles. The Hall–Kier alpha value is -2.84. The average Bonchev–Trinajstić information content (AvgIpc) is 3.08. The van der Waals surface area contributed by atoms with E-state index in [4.69, 9.17) is 38.0 Å². The van der Waals surface area contributed by atoms with Crippen molar-refractivity contribution < 1.29 is 14.2 Å². The van der Waals surface area contributed by atoms with Crippen LogP contribution < -0.4 is 14.2 Å². The summed E-state index contributed by atoms with van der Waals surface area (Å²) in [5, 5.41) is 11.8. The Labute approximate surface area is 178 Å². The molecule has 0 fully saturated rings. The highest BCUT2D eigenvalue weighted by atomic mass is 35.5. The highest BCUT2D eigenvalue weighted by Crippen LogP contribution is 2.36. The Morgan fingerprint density at radius 1 is 1.14 bits per heavy atom. The number of nitrogens with one attached hydrogen (secondary N) is 1. The van der Waals surface area contributed by atoms with Crippen molar-refractivity contribution in [3.8, 4) is 17.2 Å². The minimum Gasteiger partial charge on any atom is -0.490 e. The first-order valence-corrected chi connectivity index (χ1v) is 9.88. The highest BCUT2D eigenvalue weighted by molar-refractivity contribution is 7.71. The van der Waals surface area contributed by atoms with Crippen LogP contribution in [0.5, 0.6) is 17.2 Å². The van der Waals surface area contributed by atoms with Crippen molar-refractivity contribution in [3.63, 3.8) is 0 Å². The van der Waals surface area contributed by atoms with Gasteiger partial charge < -0.3 is 14.2 Å². The maximum atomic E-state index is 6.36.